The number of fused-ring (bicyclic) bond motifs is 1. The Kier molecular flexibility index (Phi) is 2.29. The van der Waals surface area contributed by atoms with Crippen LogP contribution in [0.3, 0.4) is 0 Å². The van der Waals surface area contributed by atoms with Crippen molar-refractivity contribution in [2.24, 2.45) is 0 Å². The third-order valence-corrected chi connectivity index (χ3v) is 2.96. The van der Waals surface area contributed by atoms with Gasteiger partial charge in [-0.05, 0) is 18.2 Å². The lowest BCUT2D eigenvalue weighted by atomic mass is 10.2. The highest BCUT2D eigenvalue weighted by atomic mass is 79.9. The molecule has 3 rings (SSSR count). The zero-order valence-electron chi connectivity index (χ0n) is 8.71. The Bertz CT molecular complexity index is 691. The number of nitrogens with two attached hydrogens (primary N) is 1. The van der Waals surface area contributed by atoms with Gasteiger partial charge < -0.3 is 5.73 Å². The van der Waals surface area contributed by atoms with Crippen molar-refractivity contribution in [3.05, 3.63) is 41.3 Å². The average molecular weight is 290 g/mol. The first-order valence-electron chi connectivity index (χ1n) is 4.96. The molecule has 0 radical (unpaired) electrons. The van der Waals surface area contributed by atoms with Gasteiger partial charge in [0, 0.05) is 28.0 Å². The predicted octanol–water partition coefficient (Wildman–Crippen LogP) is 2.14. The smallest absolute Gasteiger partial charge is 0.171 e. The van der Waals surface area contributed by atoms with Gasteiger partial charge in [0.1, 0.15) is 6.33 Å². The summed E-state index contributed by atoms with van der Waals surface area (Å²) < 4.78 is 2.75. The van der Waals surface area contributed by atoms with Crippen LogP contribution in [0.2, 0.25) is 0 Å². The topological polar surface area (TPSA) is 69.1 Å². The second kappa shape index (κ2) is 3.81. The maximum Gasteiger partial charge on any atom is 0.171 e. The molecule has 0 atom stereocenters. The summed E-state index contributed by atoms with van der Waals surface area (Å²) in [6.45, 7) is 0. The van der Waals surface area contributed by atoms with Crippen molar-refractivity contribution in [3.8, 4) is 11.4 Å². The quantitative estimate of drug-likeness (QED) is 0.697. The number of benzene rings is 1. The van der Waals surface area contributed by atoms with Gasteiger partial charge in [0.15, 0.2) is 11.5 Å². The van der Waals surface area contributed by atoms with E-state index in [4.69, 9.17) is 5.73 Å². The van der Waals surface area contributed by atoms with Gasteiger partial charge in [0.05, 0.1) is 0 Å². The van der Waals surface area contributed by atoms with Gasteiger partial charge in [-0.3, -0.25) is 4.40 Å². The lowest BCUT2D eigenvalue weighted by molar-refractivity contribution is 1.08. The van der Waals surface area contributed by atoms with E-state index in [2.05, 4.69) is 31.1 Å². The van der Waals surface area contributed by atoms with Crippen LogP contribution in [0.5, 0.6) is 0 Å². The van der Waals surface area contributed by atoms with E-state index in [0.717, 1.165) is 15.7 Å². The summed E-state index contributed by atoms with van der Waals surface area (Å²) in [5.41, 5.74) is 8.19. The Hall–Kier alpha value is -1.95. The average Bonchev–Trinajstić information content (AvgIpc) is 2.76. The standard InChI is InChI=1S/C11H8BrN5/c12-7-1-2-9(13)8(5-7)11-16-15-10-3-4-14-6-17(10)11/h1-6H,13H2. The molecule has 17 heavy (non-hydrogen) atoms. The Morgan fingerprint density at radius 2 is 2.06 bits per heavy atom. The van der Waals surface area contributed by atoms with Crippen LogP contribution in [0.25, 0.3) is 17.0 Å². The Morgan fingerprint density at radius 3 is 2.94 bits per heavy atom. The van der Waals surface area contributed by atoms with Crippen molar-refractivity contribution >= 4 is 27.3 Å². The highest BCUT2D eigenvalue weighted by Gasteiger charge is 2.11. The van der Waals surface area contributed by atoms with E-state index in [1.54, 1.807) is 23.0 Å². The first-order chi connectivity index (χ1) is 8.25. The third-order valence-electron chi connectivity index (χ3n) is 2.47. The number of hydrogen-bond donors (Lipinski definition) is 1. The Morgan fingerprint density at radius 1 is 1.18 bits per heavy atom. The predicted molar refractivity (Wildman–Crippen MR) is 68.3 cm³/mol. The minimum Gasteiger partial charge on any atom is -0.398 e. The lowest BCUT2D eigenvalue weighted by Gasteiger charge is -2.04. The van der Waals surface area contributed by atoms with Gasteiger partial charge in [0.2, 0.25) is 0 Å². The molecule has 2 aromatic heterocycles. The Labute approximate surface area is 105 Å². The molecule has 0 bridgehead atoms. The van der Waals surface area contributed by atoms with Crippen LogP contribution in [-0.4, -0.2) is 19.6 Å². The highest BCUT2D eigenvalue weighted by molar-refractivity contribution is 9.10. The minimum atomic E-state index is 0.659. The van der Waals surface area contributed by atoms with E-state index in [-0.39, 0.29) is 0 Å². The first-order valence-corrected chi connectivity index (χ1v) is 5.75. The van der Waals surface area contributed by atoms with Gasteiger partial charge in [-0.15, -0.1) is 10.2 Å². The number of rotatable bonds is 1. The molecule has 2 heterocycles. The number of nitrogen functional groups attached to an aromatic ring is 1. The summed E-state index contributed by atoms with van der Waals surface area (Å²) in [4.78, 5) is 4.05. The monoisotopic (exact) mass is 289 g/mol. The third kappa shape index (κ3) is 1.66. The fraction of sp³-hybridized carbons (Fsp3) is 0. The molecule has 2 N–H and O–H groups in total. The van der Waals surface area contributed by atoms with Crippen LogP contribution < -0.4 is 5.73 Å². The lowest BCUT2D eigenvalue weighted by Crippen LogP contribution is -1.95. The maximum absolute atomic E-state index is 5.95. The molecule has 5 nitrogen and oxygen atoms in total. The van der Waals surface area contributed by atoms with Crippen molar-refractivity contribution in [1.29, 1.82) is 0 Å². The summed E-state index contributed by atoms with van der Waals surface area (Å²) in [6, 6.07) is 7.43. The Balaban J connectivity index is 2.31. The van der Waals surface area contributed by atoms with Gasteiger partial charge in [-0.25, -0.2) is 4.98 Å². The zero-order valence-corrected chi connectivity index (χ0v) is 10.3. The largest absolute Gasteiger partial charge is 0.398 e. The molecule has 0 aliphatic rings. The van der Waals surface area contributed by atoms with Crippen molar-refractivity contribution in [2.45, 2.75) is 0 Å². The number of halogens is 1. The summed E-state index contributed by atoms with van der Waals surface area (Å²) in [5, 5.41) is 8.21. The molecule has 84 valence electrons. The maximum atomic E-state index is 5.95. The zero-order chi connectivity index (χ0) is 11.8. The fourth-order valence-electron chi connectivity index (χ4n) is 1.65. The normalized spacial score (nSPS) is 10.9. The second-order valence-corrected chi connectivity index (χ2v) is 4.48. The van der Waals surface area contributed by atoms with E-state index in [9.17, 15) is 0 Å². The number of aromatic nitrogens is 4. The van der Waals surface area contributed by atoms with Gasteiger partial charge in [0.25, 0.3) is 0 Å². The van der Waals surface area contributed by atoms with Crippen LogP contribution in [0.4, 0.5) is 5.69 Å². The van der Waals surface area contributed by atoms with Crippen LogP contribution >= 0.6 is 15.9 Å². The van der Waals surface area contributed by atoms with Gasteiger partial charge in [-0.2, -0.15) is 0 Å². The molecule has 0 amide bonds. The van der Waals surface area contributed by atoms with E-state index in [1.807, 2.05) is 18.2 Å². The molecule has 3 aromatic rings. The molecule has 0 saturated carbocycles. The van der Waals surface area contributed by atoms with Crippen molar-refractivity contribution < 1.29 is 0 Å². The molecule has 1 aromatic carbocycles. The molecule has 6 heteroatoms. The molecular formula is C11H8BrN5. The summed E-state index contributed by atoms with van der Waals surface area (Å²) in [5.74, 6) is 0.687. The van der Waals surface area contributed by atoms with Crippen LogP contribution in [0, 0.1) is 0 Å². The summed E-state index contributed by atoms with van der Waals surface area (Å²) >= 11 is 3.42. The van der Waals surface area contributed by atoms with Crippen LogP contribution in [-0.2, 0) is 0 Å². The van der Waals surface area contributed by atoms with E-state index in [0.29, 0.717) is 11.5 Å². The number of hydrogen-bond acceptors (Lipinski definition) is 4. The minimum absolute atomic E-state index is 0.659. The molecule has 0 aliphatic heterocycles. The van der Waals surface area contributed by atoms with Gasteiger partial charge >= 0.3 is 0 Å². The molecule has 0 unspecified atom stereocenters. The van der Waals surface area contributed by atoms with Crippen molar-refractivity contribution in [3.63, 3.8) is 0 Å². The van der Waals surface area contributed by atoms with Crippen LogP contribution in [0.1, 0.15) is 0 Å². The van der Waals surface area contributed by atoms with Crippen molar-refractivity contribution in [1.82, 2.24) is 19.6 Å². The van der Waals surface area contributed by atoms with Crippen LogP contribution in [0.15, 0.2) is 41.3 Å². The first kappa shape index (κ1) is 10.2. The molecule has 0 aliphatic carbocycles. The van der Waals surface area contributed by atoms with Crippen molar-refractivity contribution in [2.75, 3.05) is 5.73 Å². The summed E-state index contributed by atoms with van der Waals surface area (Å²) in [6.07, 6.45) is 3.35. The summed E-state index contributed by atoms with van der Waals surface area (Å²) in [7, 11) is 0. The number of nitrogens with zero attached hydrogens (tertiary/aromatic N) is 4. The van der Waals surface area contributed by atoms with Gasteiger partial charge in [-0.1, -0.05) is 15.9 Å². The second-order valence-electron chi connectivity index (χ2n) is 3.56. The fourth-order valence-corrected chi connectivity index (χ4v) is 2.01. The van der Waals surface area contributed by atoms with E-state index >= 15 is 0 Å². The molecular weight excluding hydrogens is 282 g/mol. The molecule has 0 saturated heterocycles. The number of anilines is 1. The highest BCUT2D eigenvalue weighted by Crippen LogP contribution is 2.27. The SMILES string of the molecule is Nc1ccc(Br)cc1-c1nnc2ccncn12. The molecule has 0 fully saturated rings. The van der Waals surface area contributed by atoms with E-state index < -0.39 is 0 Å². The van der Waals surface area contributed by atoms with E-state index in [1.165, 1.54) is 0 Å². The molecule has 0 spiro atoms.